The Morgan fingerprint density at radius 2 is 2.22 bits per heavy atom. The molecule has 0 atom stereocenters. The number of carbonyl (C=O) groups is 1. The van der Waals surface area contributed by atoms with Gasteiger partial charge in [-0.15, -0.1) is 11.3 Å². The van der Waals surface area contributed by atoms with Gasteiger partial charge in [-0.25, -0.2) is 9.78 Å². The molecule has 1 aromatic rings. The Balaban J connectivity index is 2.18. The average molecular weight is 276 g/mol. The van der Waals surface area contributed by atoms with E-state index in [0.29, 0.717) is 4.88 Å². The molecule has 1 amide bonds. The van der Waals surface area contributed by atoms with Crippen LogP contribution in [0.5, 0.6) is 0 Å². The number of rotatable bonds is 0. The second-order valence-corrected chi connectivity index (χ2v) is 6.10. The molecule has 7 heteroatoms. The third kappa shape index (κ3) is 2.60. The van der Waals surface area contributed by atoms with Gasteiger partial charge < -0.3 is 4.74 Å². The zero-order chi connectivity index (χ0) is 13.6. The van der Waals surface area contributed by atoms with Crippen molar-refractivity contribution in [2.45, 2.75) is 38.8 Å². The molecule has 0 fully saturated rings. The summed E-state index contributed by atoms with van der Waals surface area (Å²) in [6.07, 6.45) is -0.721. The number of alkyl halides is 2. The first kappa shape index (κ1) is 13.2. The van der Waals surface area contributed by atoms with E-state index in [-0.39, 0.29) is 12.2 Å². The van der Waals surface area contributed by atoms with Crippen LogP contribution in [0.2, 0.25) is 0 Å². The molecule has 0 unspecified atom stereocenters. The van der Waals surface area contributed by atoms with Gasteiger partial charge in [-0.1, -0.05) is 0 Å². The first-order chi connectivity index (χ1) is 8.19. The fraction of sp³-hybridized carbons (Fsp3) is 0.636. The second-order valence-electron chi connectivity index (χ2n) is 5.16. The molecule has 0 saturated heterocycles. The molecule has 1 aliphatic rings. The van der Waals surface area contributed by atoms with Gasteiger partial charge in [-0.05, 0) is 20.8 Å². The van der Waals surface area contributed by atoms with Gasteiger partial charge in [0.25, 0.3) is 0 Å². The van der Waals surface area contributed by atoms with E-state index < -0.39 is 24.2 Å². The number of thiazole rings is 1. The van der Waals surface area contributed by atoms with Gasteiger partial charge in [-0.3, -0.25) is 4.90 Å². The van der Waals surface area contributed by atoms with Crippen molar-refractivity contribution in [1.29, 1.82) is 0 Å². The minimum absolute atomic E-state index is 0.129. The van der Waals surface area contributed by atoms with Gasteiger partial charge in [0.1, 0.15) is 11.3 Å². The van der Waals surface area contributed by atoms with Crippen LogP contribution in [0.25, 0.3) is 0 Å². The molecular formula is C11H14F2N2O2S. The number of carbonyl (C=O) groups excluding carboxylic acids is 1. The monoisotopic (exact) mass is 276 g/mol. The Labute approximate surface area is 108 Å². The zero-order valence-corrected chi connectivity index (χ0v) is 11.2. The maximum absolute atomic E-state index is 13.8. The van der Waals surface area contributed by atoms with E-state index in [0.717, 1.165) is 16.2 Å². The van der Waals surface area contributed by atoms with Gasteiger partial charge in [-0.2, -0.15) is 8.78 Å². The lowest BCUT2D eigenvalue weighted by atomic mass is 10.1. The van der Waals surface area contributed by atoms with E-state index in [9.17, 15) is 13.6 Å². The molecule has 1 aromatic heterocycles. The molecule has 0 bridgehead atoms. The van der Waals surface area contributed by atoms with Crippen LogP contribution in [0.3, 0.4) is 0 Å². The van der Waals surface area contributed by atoms with Crippen molar-refractivity contribution >= 4 is 17.4 Å². The number of ether oxygens (including phenoxy) is 1. The summed E-state index contributed by atoms with van der Waals surface area (Å²) in [5.41, 5.74) is 0.463. The molecule has 0 aliphatic carbocycles. The molecule has 18 heavy (non-hydrogen) atoms. The third-order valence-corrected chi connectivity index (χ3v) is 3.18. The Morgan fingerprint density at radius 1 is 1.56 bits per heavy atom. The fourth-order valence-corrected chi connectivity index (χ4v) is 2.51. The van der Waals surface area contributed by atoms with Gasteiger partial charge >= 0.3 is 12.0 Å². The lowest BCUT2D eigenvalue weighted by Crippen LogP contribution is -2.45. The van der Waals surface area contributed by atoms with Crippen LogP contribution in [0, 0.1) is 0 Å². The van der Waals surface area contributed by atoms with Crippen LogP contribution in [0.4, 0.5) is 13.6 Å². The fourth-order valence-electron chi connectivity index (χ4n) is 1.68. The Hall–Kier alpha value is -1.24. The Kier molecular flexibility index (Phi) is 3.04. The van der Waals surface area contributed by atoms with Crippen LogP contribution in [-0.2, 0) is 17.2 Å². The van der Waals surface area contributed by atoms with Crippen molar-refractivity contribution in [2.75, 3.05) is 6.54 Å². The van der Waals surface area contributed by atoms with Gasteiger partial charge in [0.2, 0.25) is 0 Å². The summed E-state index contributed by atoms with van der Waals surface area (Å²) in [7, 11) is 0. The highest BCUT2D eigenvalue weighted by Crippen LogP contribution is 2.37. The predicted molar refractivity (Wildman–Crippen MR) is 62.7 cm³/mol. The van der Waals surface area contributed by atoms with E-state index in [1.165, 1.54) is 5.51 Å². The summed E-state index contributed by atoms with van der Waals surface area (Å²) >= 11 is 1.13. The molecule has 0 radical (unpaired) electrons. The highest BCUT2D eigenvalue weighted by Gasteiger charge is 2.45. The number of nitrogens with zero attached hydrogens (tertiary/aromatic N) is 2. The normalized spacial score (nSPS) is 18.4. The molecule has 1 aliphatic heterocycles. The molecule has 0 spiro atoms. The van der Waals surface area contributed by atoms with Gasteiger partial charge in [0.15, 0.2) is 0 Å². The lowest BCUT2D eigenvalue weighted by Gasteiger charge is -2.33. The van der Waals surface area contributed by atoms with Crippen LogP contribution >= 0.6 is 11.3 Å². The van der Waals surface area contributed by atoms with Gasteiger partial charge in [0, 0.05) is 0 Å². The summed E-state index contributed by atoms with van der Waals surface area (Å²) < 4.78 is 32.6. The highest BCUT2D eigenvalue weighted by atomic mass is 32.1. The molecule has 0 saturated carbocycles. The lowest BCUT2D eigenvalue weighted by molar-refractivity contribution is -0.0612. The molecule has 0 aromatic carbocycles. The molecule has 4 nitrogen and oxygen atoms in total. The quantitative estimate of drug-likeness (QED) is 0.731. The van der Waals surface area contributed by atoms with Crippen molar-refractivity contribution in [2.24, 2.45) is 0 Å². The number of amides is 1. The first-order valence-corrected chi connectivity index (χ1v) is 6.35. The van der Waals surface area contributed by atoms with Gasteiger partial charge in [0.05, 0.1) is 23.5 Å². The van der Waals surface area contributed by atoms with E-state index in [2.05, 4.69) is 4.98 Å². The topological polar surface area (TPSA) is 42.4 Å². The molecule has 2 heterocycles. The summed E-state index contributed by atoms with van der Waals surface area (Å²) in [4.78, 5) is 16.9. The summed E-state index contributed by atoms with van der Waals surface area (Å²) in [5.74, 6) is -3.11. The second kappa shape index (κ2) is 4.15. The Bertz CT molecular complexity index is 468. The summed E-state index contributed by atoms with van der Waals surface area (Å²) in [5, 5.41) is 0. The average Bonchev–Trinajstić information content (AvgIpc) is 2.62. The molecule has 0 N–H and O–H groups in total. The van der Waals surface area contributed by atoms with E-state index in [1.54, 1.807) is 20.8 Å². The number of halogens is 2. The molecular weight excluding hydrogens is 262 g/mol. The van der Waals surface area contributed by atoms with Crippen LogP contribution in [-0.4, -0.2) is 28.1 Å². The minimum atomic E-state index is -3.11. The number of hydrogen-bond acceptors (Lipinski definition) is 4. The summed E-state index contributed by atoms with van der Waals surface area (Å²) in [6, 6.07) is 0. The SMILES string of the molecule is CC(C)(C)OC(=O)N1Cc2scnc2C(F)(F)C1. The third-order valence-electron chi connectivity index (χ3n) is 2.36. The molecule has 100 valence electrons. The smallest absolute Gasteiger partial charge is 0.410 e. The standard InChI is InChI=1S/C11H14F2N2O2S/c1-10(2,3)17-9(16)15-4-7-8(14-6-18-7)11(12,13)5-15/h6H,4-5H2,1-3H3. The van der Waals surface area contributed by atoms with E-state index >= 15 is 0 Å². The maximum Gasteiger partial charge on any atom is 0.410 e. The first-order valence-electron chi connectivity index (χ1n) is 5.48. The maximum atomic E-state index is 13.8. The minimum Gasteiger partial charge on any atom is -0.444 e. The highest BCUT2D eigenvalue weighted by molar-refractivity contribution is 7.09. The van der Waals surface area contributed by atoms with Crippen molar-refractivity contribution in [1.82, 2.24) is 9.88 Å². The summed E-state index contributed by atoms with van der Waals surface area (Å²) in [6.45, 7) is 4.55. The largest absolute Gasteiger partial charge is 0.444 e. The zero-order valence-electron chi connectivity index (χ0n) is 10.4. The van der Waals surface area contributed by atoms with Crippen molar-refractivity contribution in [3.8, 4) is 0 Å². The Morgan fingerprint density at radius 3 is 2.83 bits per heavy atom. The van der Waals surface area contributed by atoms with E-state index in [4.69, 9.17) is 4.74 Å². The van der Waals surface area contributed by atoms with Crippen molar-refractivity contribution in [3.05, 3.63) is 16.1 Å². The number of aromatic nitrogens is 1. The molecule has 2 rings (SSSR count). The van der Waals surface area contributed by atoms with Crippen LogP contribution < -0.4 is 0 Å². The van der Waals surface area contributed by atoms with E-state index in [1.807, 2.05) is 0 Å². The van der Waals surface area contributed by atoms with Crippen molar-refractivity contribution < 1.29 is 18.3 Å². The van der Waals surface area contributed by atoms with Crippen molar-refractivity contribution in [3.63, 3.8) is 0 Å². The van der Waals surface area contributed by atoms with Crippen LogP contribution in [0.15, 0.2) is 5.51 Å². The predicted octanol–water partition coefficient (Wildman–Crippen LogP) is 2.99. The number of hydrogen-bond donors (Lipinski definition) is 0. The van der Waals surface area contributed by atoms with Crippen LogP contribution in [0.1, 0.15) is 31.3 Å². The number of fused-ring (bicyclic) bond motifs is 1.